The molecule has 0 spiro atoms. The summed E-state index contributed by atoms with van der Waals surface area (Å²) in [5, 5.41) is 10.6. The molecule has 0 aliphatic heterocycles. The number of aliphatic hydroxyl groups is 1. The van der Waals surface area contributed by atoms with Gasteiger partial charge < -0.3 is 33.8 Å². The molecular formula is C80H156O17P2. The van der Waals surface area contributed by atoms with Gasteiger partial charge in [-0.05, 0) is 43.4 Å². The van der Waals surface area contributed by atoms with Gasteiger partial charge in [0.15, 0.2) is 12.2 Å². The summed E-state index contributed by atoms with van der Waals surface area (Å²) in [5.74, 6) is 0.376. The monoisotopic (exact) mass is 1450 g/mol. The largest absolute Gasteiger partial charge is 0.472 e. The van der Waals surface area contributed by atoms with E-state index in [4.69, 9.17) is 37.0 Å². The van der Waals surface area contributed by atoms with Crippen molar-refractivity contribution >= 4 is 39.5 Å². The first-order valence-electron chi connectivity index (χ1n) is 41.4. The summed E-state index contributed by atoms with van der Waals surface area (Å²) in [6.07, 6.45) is 58.5. The molecule has 99 heavy (non-hydrogen) atoms. The van der Waals surface area contributed by atoms with E-state index in [-0.39, 0.29) is 25.7 Å². The third kappa shape index (κ3) is 71.5. The summed E-state index contributed by atoms with van der Waals surface area (Å²) in [6, 6.07) is 0. The van der Waals surface area contributed by atoms with Crippen molar-refractivity contribution in [3.8, 4) is 0 Å². The minimum atomic E-state index is -4.96. The van der Waals surface area contributed by atoms with E-state index in [1.54, 1.807) is 0 Å². The van der Waals surface area contributed by atoms with Crippen molar-refractivity contribution < 1.29 is 80.2 Å². The summed E-state index contributed by atoms with van der Waals surface area (Å²) in [5.41, 5.74) is 0. The fourth-order valence-corrected chi connectivity index (χ4v) is 13.8. The van der Waals surface area contributed by atoms with Crippen LogP contribution in [-0.2, 0) is 65.4 Å². The van der Waals surface area contributed by atoms with E-state index >= 15 is 0 Å². The summed E-state index contributed by atoms with van der Waals surface area (Å²) >= 11 is 0. The van der Waals surface area contributed by atoms with Gasteiger partial charge in [-0.15, -0.1) is 0 Å². The second-order valence-electron chi connectivity index (χ2n) is 29.8. The van der Waals surface area contributed by atoms with Gasteiger partial charge in [0.2, 0.25) is 0 Å². The molecule has 0 saturated carbocycles. The van der Waals surface area contributed by atoms with Gasteiger partial charge in [-0.25, -0.2) is 9.13 Å². The zero-order chi connectivity index (χ0) is 73.0. The lowest BCUT2D eigenvalue weighted by Crippen LogP contribution is -2.30. The molecule has 0 aromatic heterocycles. The maximum Gasteiger partial charge on any atom is 0.472 e. The van der Waals surface area contributed by atoms with Gasteiger partial charge in [0.05, 0.1) is 26.4 Å². The zero-order valence-corrected chi connectivity index (χ0v) is 66.8. The lowest BCUT2D eigenvalue weighted by atomic mass is 9.99. The fraction of sp³-hybridized carbons (Fsp3) is 0.950. The van der Waals surface area contributed by atoms with Crippen LogP contribution in [0.15, 0.2) is 0 Å². The molecule has 0 aromatic rings. The third-order valence-corrected chi connectivity index (χ3v) is 21.3. The Morgan fingerprint density at radius 2 is 0.515 bits per heavy atom. The lowest BCUT2D eigenvalue weighted by molar-refractivity contribution is -0.161. The van der Waals surface area contributed by atoms with Crippen molar-refractivity contribution in [3.05, 3.63) is 0 Å². The summed E-state index contributed by atoms with van der Waals surface area (Å²) in [4.78, 5) is 72.7. The number of phosphoric acid groups is 2. The van der Waals surface area contributed by atoms with Crippen LogP contribution in [0.25, 0.3) is 0 Å². The molecule has 0 rings (SSSR count). The lowest BCUT2D eigenvalue weighted by Gasteiger charge is -2.21. The van der Waals surface area contributed by atoms with E-state index in [0.717, 1.165) is 114 Å². The summed E-state index contributed by atoms with van der Waals surface area (Å²) in [7, 11) is -9.91. The SMILES string of the molecule is CCCCCCCC(=O)OC[C@H](COP(=O)(O)OC[C@H](O)COP(=O)(O)OC[C@@H](COC(=O)CCCCCCCCCCCCCCCCC(C)CC)OC(=O)CCCCCCCCCCCCCCCCCC(C)C)OC(=O)CCCCCCCCCCCCCCCCC(C)CC. The molecule has 0 radical (unpaired) electrons. The maximum atomic E-state index is 13.1. The minimum Gasteiger partial charge on any atom is -0.462 e. The number of phosphoric ester groups is 2. The number of ether oxygens (including phenoxy) is 4. The molecule has 7 atom stereocenters. The van der Waals surface area contributed by atoms with Gasteiger partial charge in [-0.3, -0.25) is 37.3 Å². The van der Waals surface area contributed by atoms with Crippen molar-refractivity contribution in [2.75, 3.05) is 39.6 Å². The second-order valence-corrected chi connectivity index (χ2v) is 32.7. The first-order valence-corrected chi connectivity index (χ1v) is 44.4. The molecule has 4 unspecified atom stereocenters. The predicted octanol–water partition coefficient (Wildman–Crippen LogP) is 23.7. The van der Waals surface area contributed by atoms with Crippen molar-refractivity contribution in [2.45, 2.75) is 433 Å². The Morgan fingerprint density at radius 3 is 0.768 bits per heavy atom. The smallest absolute Gasteiger partial charge is 0.462 e. The number of rotatable bonds is 78. The first kappa shape index (κ1) is 97.1. The predicted molar refractivity (Wildman–Crippen MR) is 405 cm³/mol. The van der Waals surface area contributed by atoms with Crippen LogP contribution in [0.5, 0.6) is 0 Å². The topological polar surface area (TPSA) is 237 Å². The highest BCUT2D eigenvalue weighted by Crippen LogP contribution is 2.45. The molecule has 3 N–H and O–H groups in total. The number of carbonyl (C=O) groups is 4. The number of esters is 4. The number of aliphatic hydroxyl groups excluding tert-OH is 1. The van der Waals surface area contributed by atoms with Gasteiger partial charge in [0.25, 0.3) is 0 Å². The molecule has 19 heteroatoms. The van der Waals surface area contributed by atoms with E-state index < -0.39 is 97.5 Å². The van der Waals surface area contributed by atoms with Crippen LogP contribution in [0.4, 0.5) is 0 Å². The Bertz CT molecular complexity index is 1930. The second kappa shape index (κ2) is 70.4. The Balaban J connectivity index is 5.13. The van der Waals surface area contributed by atoms with Crippen molar-refractivity contribution in [2.24, 2.45) is 17.8 Å². The van der Waals surface area contributed by atoms with Gasteiger partial charge in [-0.1, -0.05) is 363 Å². The van der Waals surface area contributed by atoms with Gasteiger partial charge in [0, 0.05) is 25.7 Å². The van der Waals surface area contributed by atoms with Crippen LogP contribution in [0, 0.1) is 17.8 Å². The molecule has 0 bridgehead atoms. The Kier molecular flexibility index (Phi) is 69.0. The van der Waals surface area contributed by atoms with Crippen molar-refractivity contribution in [1.29, 1.82) is 0 Å². The van der Waals surface area contributed by atoms with E-state index in [2.05, 4.69) is 48.5 Å². The molecule has 0 aliphatic carbocycles. The Hall–Kier alpha value is -1.94. The molecule has 0 fully saturated rings. The number of hydrogen-bond donors (Lipinski definition) is 3. The molecule has 0 aliphatic rings. The highest BCUT2D eigenvalue weighted by molar-refractivity contribution is 7.47. The number of hydrogen-bond acceptors (Lipinski definition) is 15. The van der Waals surface area contributed by atoms with E-state index in [1.807, 2.05) is 0 Å². The quantitative estimate of drug-likeness (QED) is 0.0222. The minimum absolute atomic E-state index is 0.107. The molecular weight excluding hydrogens is 1290 g/mol. The molecule has 588 valence electrons. The van der Waals surface area contributed by atoms with E-state index in [9.17, 15) is 43.2 Å². The maximum absolute atomic E-state index is 13.1. The normalized spacial score (nSPS) is 14.5. The average Bonchev–Trinajstić information content (AvgIpc) is 2.20. The average molecular weight is 1450 g/mol. The first-order chi connectivity index (χ1) is 47.8. The molecule has 0 aromatic carbocycles. The zero-order valence-electron chi connectivity index (χ0n) is 65.0. The summed E-state index contributed by atoms with van der Waals surface area (Å²) in [6.45, 7) is 12.0. The summed E-state index contributed by atoms with van der Waals surface area (Å²) < 4.78 is 68.5. The van der Waals surface area contributed by atoms with Crippen LogP contribution < -0.4 is 0 Å². The Labute approximate surface area is 607 Å². The van der Waals surface area contributed by atoms with Crippen LogP contribution in [0.1, 0.15) is 414 Å². The highest BCUT2D eigenvalue weighted by atomic mass is 31.2. The molecule has 17 nitrogen and oxygen atoms in total. The van der Waals surface area contributed by atoms with Crippen LogP contribution in [0.2, 0.25) is 0 Å². The molecule has 0 saturated heterocycles. The van der Waals surface area contributed by atoms with E-state index in [0.29, 0.717) is 25.7 Å². The van der Waals surface area contributed by atoms with Crippen LogP contribution in [-0.4, -0.2) is 96.7 Å². The Morgan fingerprint density at radius 1 is 0.293 bits per heavy atom. The standard InChI is InChI=1S/C80H156O17P2/c1-8-11-12-44-54-61-77(82)90-67-75(96-79(84)63-56-50-43-37-31-25-19-17-22-28-34-40-47-53-60-73(7)10-3)69-94-98(86,87)92-65-74(81)66-93-99(88,89)95-70-76(97-80(85)64-57-49-42-36-30-24-15-13-14-20-26-32-38-45-51-58-71(4)5)68-91-78(83)62-55-48-41-35-29-23-18-16-21-27-33-39-46-52-59-72(6)9-2/h71-76,81H,8-70H2,1-7H3,(H,86,87)(H,88,89)/t72?,73?,74-,75+,76+/m0/s1. The number of unbranched alkanes of at least 4 members (excludes halogenated alkanes) is 44. The fourth-order valence-electron chi connectivity index (χ4n) is 12.2. The van der Waals surface area contributed by atoms with Crippen molar-refractivity contribution in [3.63, 3.8) is 0 Å². The van der Waals surface area contributed by atoms with Crippen molar-refractivity contribution in [1.82, 2.24) is 0 Å². The molecule has 0 heterocycles. The third-order valence-electron chi connectivity index (χ3n) is 19.4. The van der Waals surface area contributed by atoms with E-state index in [1.165, 1.54) is 218 Å². The molecule has 0 amide bonds. The number of carbonyl (C=O) groups excluding carboxylic acids is 4. The highest BCUT2D eigenvalue weighted by Gasteiger charge is 2.30. The van der Waals surface area contributed by atoms with Gasteiger partial charge in [0.1, 0.15) is 19.3 Å². The van der Waals surface area contributed by atoms with Crippen LogP contribution >= 0.6 is 15.6 Å². The van der Waals surface area contributed by atoms with Gasteiger partial charge >= 0.3 is 39.5 Å². The van der Waals surface area contributed by atoms with Crippen LogP contribution in [0.3, 0.4) is 0 Å². The van der Waals surface area contributed by atoms with Gasteiger partial charge in [-0.2, -0.15) is 0 Å².